The number of amides is 2. The van der Waals surface area contributed by atoms with Crippen LogP contribution in [0.3, 0.4) is 0 Å². The van der Waals surface area contributed by atoms with Crippen molar-refractivity contribution in [2.75, 3.05) is 18.4 Å². The Bertz CT molecular complexity index is 483. The Balaban J connectivity index is 1.83. The van der Waals surface area contributed by atoms with Crippen molar-refractivity contribution in [1.82, 2.24) is 4.90 Å². The number of hydrogen-bond acceptors (Lipinski definition) is 2. The van der Waals surface area contributed by atoms with E-state index >= 15 is 0 Å². The Hall–Kier alpha value is -1.56. The molecule has 1 fully saturated rings. The van der Waals surface area contributed by atoms with Gasteiger partial charge in [-0.25, -0.2) is 4.79 Å². The van der Waals surface area contributed by atoms with Gasteiger partial charge in [0.1, 0.15) is 0 Å². The van der Waals surface area contributed by atoms with Gasteiger partial charge < -0.3 is 15.3 Å². The molecule has 2 amide bonds. The molecule has 0 radical (unpaired) electrons. The molecule has 0 saturated carbocycles. The highest BCUT2D eigenvalue weighted by molar-refractivity contribution is 9.10. The number of nitrogens with one attached hydrogen (secondary N) is 1. The summed E-state index contributed by atoms with van der Waals surface area (Å²) in [5, 5.41) is 11.7. The van der Waals surface area contributed by atoms with E-state index in [-0.39, 0.29) is 11.9 Å². The molecule has 1 heterocycles. The minimum absolute atomic E-state index is 0.0492. The molecule has 1 atom stereocenters. The van der Waals surface area contributed by atoms with Gasteiger partial charge >= 0.3 is 12.0 Å². The Morgan fingerprint density at radius 3 is 2.47 bits per heavy atom. The number of carbonyl (C=O) groups excluding carboxylic acids is 1. The van der Waals surface area contributed by atoms with Crippen molar-refractivity contribution in [2.24, 2.45) is 11.8 Å². The largest absolute Gasteiger partial charge is 0.481 e. The highest BCUT2D eigenvalue weighted by Gasteiger charge is 2.37. The molecule has 0 bridgehead atoms. The summed E-state index contributed by atoms with van der Waals surface area (Å²) in [6, 6.07) is 7.12. The lowest BCUT2D eigenvalue weighted by atomic mass is 9.87. The molecule has 2 rings (SSSR count). The molecular weight excluding hydrogens is 312 g/mol. The third-order valence-corrected chi connectivity index (χ3v) is 3.92. The lowest BCUT2D eigenvalue weighted by molar-refractivity contribution is -0.144. The third kappa shape index (κ3) is 3.26. The molecule has 1 saturated heterocycles. The molecule has 1 aliphatic heterocycles. The fraction of sp³-hybridized carbons (Fsp3) is 0.385. The van der Waals surface area contributed by atoms with Crippen molar-refractivity contribution in [1.29, 1.82) is 0 Å². The number of nitrogens with zero attached hydrogens (tertiary/aromatic N) is 1. The Kier molecular flexibility index (Phi) is 4.09. The van der Waals surface area contributed by atoms with Crippen LogP contribution in [0.1, 0.15) is 6.92 Å². The van der Waals surface area contributed by atoms with Crippen LogP contribution in [-0.2, 0) is 4.79 Å². The third-order valence-electron chi connectivity index (χ3n) is 3.39. The van der Waals surface area contributed by atoms with Crippen LogP contribution in [0.5, 0.6) is 0 Å². The molecule has 1 aliphatic rings. The van der Waals surface area contributed by atoms with E-state index in [2.05, 4.69) is 21.2 Å². The molecule has 0 aliphatic carbocycles. The Labute approximate surface area is 119 Å². The van der Waals surface area contributed by atoms with Crippen LogP contribution in [0.25, 0.3) is 0 Å². The molecule has 5 nitrogen and oxygen atoms in total. The molecule has 0 aromatic heterocycles. The summed E-state index contributed by atoms with van der Waals surface area (Å²) in [4.78, 5) is 24.3. The summed E-state index contributed by atoms with van der Waals surface area (Å²) in [6.07, 6.45) is 0. The van der Waals surface area contributed by atoms with Gasteiger partial charge in [-0.2, -0.15) is 0 Å². The monoisotopic (exact) mass is 326 g/mol. The fourth-order valence-corrected chi connectivity index (χ4v) is 2.20. The molecule has 102 valence electrons. The highest BCUT2D eigenvalue weighted by Crippen LogP contribution is 2.25. The zero-order valence-corrected chi connectivity index (χ0v) is 12.1. The van der Waals surface area contributed by atoms with Crippen LogP contribution in [0.2, 0.25) is 0 Å². The lowest BCUT2D eigenvalue weighted by Gasteiger charge is -2.41. The number of hydrogen-bond donors (Lipinski definition) is 2. The van der Waals surface area contributed by atoms with E-state index in [9.17, 15) is 9.59 Å². The van der Waals surface area contributed by atoms with Crippen LogP contribution in [0.4, 0.5) is 10.5 Å². The number of anilines is 1. The number of aliphatic carboxylic acids is 1. The number of halogens is 1. The molecule has 1 unspecified atom stereocenters. The van der Waals surface area contributed by atoms with Crippen molar-refractivity contribution in [3.63, 3.8) is 0 Å². The Morgan fingerprint density at radius 2 is 1.95 bits per heavy atom. The van der Waals surface area contributed by atoms with E-state index in [1.54, 1.807) is 24.0 Å². The second kappa shape index (κ2) is 5.61. The van der Waals surface area contributed by atoms with Crippen LogP contribution >= 0.6 is 15.9 Å². The number of benzene rings is 1. The highest BCUT2D eigenvalue weighted by atomic mass is 79.9. The first-order valence-electron chi connectivity index (χ1n) is 6.01. The number of rotatable bonds is 3. The summed E-state index contributed by atoms with van der Waals surface area (Å²) in [5.74, 6) is -1.16. The summed E-state index contributed by atoms with van der Waals surface area (Å²) in [6.45, 7) is 2.67. The van der Waals surface area contributed by atoms with Crippen LogP contribution in [0.15, 0.2) is 28.7 Å². The van der Waals surface area contributed by atoms with Gasteiger partial charge in [0.05, 0.1) is 5.92 Å². The van der Waals surface area contributed by atoms with E-state index in [1.165, 1.54) is 0 Å². The van der Waals surface area contributed by atoms with Gasteiger partial charge in [-0.1, -0.05) is 22.9 Å². The minimum atomic E-state index is -0.807. The first kappa shape index (κ1) is 13.9. The van der Waals surface area contributed by atoms with E-state index in [0.29, 0.717) is 13.1 Å². The molecular formula is C13H15BrN2O3. The molecule has 1 aromatic carbocycles. The van der Waals surface area contributed by atoms with Crippen molar-refractivity contribution < 1.29 is 14.7 Å². The Morgan fingerprint density at radius 1 is 1.37 bits per heavy atom. The number of carboxylic acids is 1. The van der Waals surface area contributed by atoms with Crippen LogP contribution in [-0.4, -0.2) is 35.1 Å². The van der Waals surface area contributed by atoms with E-state index in [1.807, 2.05) is 12.1 Å². The molecule has 1 aromatic rings. The minimum Gasteiger partial charge on any atom is -0.481 e. The van der Waals surface area contributed by atoms with E-state index in [4.69, 9.17) is 5.11 Å². The maximum absolute atomic E-state index is 11.9. The van der Waals surface area contributed by atoms with Gasteiger partial charge in [-0.15, -0.1) is 0 Å². The topological polar surface area (TPSA) is 69.6 Å². The average Bonchev–Trinajstić information content (AvgIpc) is 2.30. The molecule has 2 N–H and O–H groups in total. The SMILES string of the molecule is CC(C(=O)O)C1CN(C(=O)Nc2ccc(Br)cc2)C1. The summed E-state index contributed by atoms with van der Waals surface area (Å²) < 4.78 is 0.949. The standard InChI is InChI=1S/C13H15BrN2O3/c1-8(12(17)18)9-6-16(7-9)13(19)15-11-4-2-10(14)3-5-11/h2-5,8-9H,6-7H2,1H3,(H,15,19)(H,17,18). The second-order valence-corrected chi connectivity index (χ2v) is 5.64. The molecule has 19 heavy (non-hydrogen) atoms. The maximum Gasteiger partial charge on any atom is 0.321 e. The van der Waals surface area contributed by atoms with Crippen molar-refractivity contribution in [3.8, 4) is 0 Å². The molecule has 0 spiro atoms. The second-order valence-electron chi connectivity index (χ2n) is 4.73. The number of urea groups is 1. The maximum atomic E-state index is 11.9. The van der Waals surface area contributed by atoms with Crippen LogP contribution in [0, 0.1) is 11.8 Å². The first-order chi connectivity index (χ1) is 8.97. The quantitative estimate of drug-likeness (QED) is 0.897. The first-order valence-corrected chi connectivity index (χ1v) is 6.81. The van der Waals surface area contributed by atoms with Gasteiger partial charge in [0.15, 0.2) is 0 Å². The fourth-order valence-electron chi connectivity index (χ4n) is 1.93. The number of carboxylic acid groups (broad SMARTS) is 1. The number of carbonyl (C=O) groups is 2. The predicted octanol–water partition coefficient (Wildman–Crippen LogP) is 2.63. The normalized spacial score (nSPS) is 16.6. The van der Waals surface area contributed by atoms with E-state index in [0.717, 1.165) is 10.2 Å². The molecule has 6 heteroatoms. The zero-order chi connectivity index (χ0) is 14.0. The van der Waals surface area contributed by atoms with Crippen molar-refractivity contribution in [3.05, 3.63) is 28.7 Å². The summed E-state index contributed by atoms with van der Waals surface area (Å²) in [5.41, 5.74) is 0.725. The van der Waals surface area contributed by atoms with Gasteiger partial charge in [0.2, 0.25) is 0 Å². The predicted molar refractivity (Wildman–Crippen MR) is 75.0 cm³/mol. The van der Waals surface area contributed by atoms with Gasteiger partial charge in [-0.05, 0) is 24.3 Å². The summed E-state index contributed by atoms with van der Waals surface area (Å²) >= 11 is 3.32. The van der Waals surface area contributed by atoms with Crippen molar-refractivity contribution >= 4 is 33.6 Å². The summed E-state index contributed by atoms with van der Waals surface area (Å²) in [7, 11) is 0. The van der Waals surface area contributed by atoms with Gasteiger partial charge in [0.25, 0.3) is 0 Å². The van der Waals surface area contributed by atoms with E-state index < -0.39 is 11.9 Å². The van der Waals surface area contributed by atoms with Gasteiger partial charge in [0, 0.05) is 29.2 Å². The number of likely N-dealkylation sites (tertiary alicyclic amines) is 1. The average molecular weight is 327 g/mol. The zero-order valence-electron chi connectivity index (χ0n) is 10.5. The lowest BCUT2D eigenvalue weighted by Crippen LogP contribution is -2.54. The van der Waals surface area contributed by atoms with Gasteiger partial charge in [-0.3, -0.25) is 4.79 Å². The smallest absolute Gasteiger partial charge is 0.321 e. The van der Waals surface area contributed by atoms with Crippen LogP contribution < -0.4 is 5.32 Å². The van der Waals surface area contributed by atoms with Crippen molar-refractivity contribution in [2.45, 2.75) is 6.92 Å².